The molecule has 1 heterocycles. The lowest BCUT2D eigenvalue weighted by Crippen LogP contribution is -2.35. The average Bonchev–Trinajstić information content (AvgIpc) is 2.58. The van der Waals surface area contributed by atoms with Gasteiger partial charge in [0, 0.05) is 25.7 Å². The van der Waals surface area contributed by atoms with Crippen molar-refractivity contribution in [2.45, 2.75) is 45.2 Å². The second-order valence-corrected chi connectivity index (χ2v) is 7.29. The van der Waals surface area contributed by atoms with Crippen LogP contribution < -0.4 is 10.1 Å². The Balaban J connectivity index is 1.60. The standard InChI is InChI=1S/C20H35N3O/c1-18(17-22(2)3)21-16-19-8-10-20(11-9-19)24-15-7-14-23-12-5-4-6-13-23/h8-11,18,21H,4-7,12-17H2,1-3H3. The van der Waals surface area contributed by atoms with Gasteiger partial charge in [0.25, 0.3) is 0 Å². The molecule has 1 aliphatic heterocycles. The van der Waals surface area contributed by atoms with E-state index >= 15 is 0 Å². The maximum absolute atomic E-state index is 5.88. The lowest BCUT2D eigenvalue weighted by Gasteiger charge is -2.26. The fourth-order valence-corrected chi connectivity index (χ4v) is 3.27. The summed E-state index contributed by atoms with van der Waals surface area (Å²) in [4.78, 5) is 4.77. The number of hydrogen-bond donors (Lipinski definition) is 1. The molecule has 2 rings (SSSR count). The molecule has 1 aromatic carbocycles. The number of piperidine rings is 1. The van der Waals surface area contributed by atoms with Crippen molar-refractivity contribution < 1.29 is 4.74 Å². The molecule has 136 valence electrons. The summed E-state index contributed by atoms with van der Waals surface area (Å²) in [6.07, 6.45) is 5.25. The molecule has 4 heteroatoms. The Bertz CT molecular complexity index is 441. The van der Waals surface area contributed by atoms with Crippen LogP contribution in [0, 0.1) is 0 Å². The molecule has 24 heavy (non-hydrogen) atoms. The zero-order valence-corrected chi connectivity index (χ0v) is 15.8. The van der Waals surface area contributed by atoms with Crippen LogP contribution >= 0.6 is 0 Å². The van der Waals surface area contributed by atoms with Crippen LogP contribution in [-0.2, 0) is 6.54 Å². The summed E-state index contributed by atoms with van der Waals surface area (Å²) in [6.45, 7) is 8.71. The lowest BCUT2D eigenvalue weighted by molar-refractivity contribution is 0.205. The Morgan fingerprint density at radius 1 is 1.12 bits per heavy atom. The molecule has 1 aliphatic rings. The molecule has 4 nitrogen and oxygen atoms in total. The number of rotatable bonds is 10. The highest BCUT2D eigenvalue weighted by molar-refractivity contribution is 5.27. The SMILES string of the molecule is CC(CN(C)C)NCc1ccc(OCCCN2CCCCC2)cc1. The molecule has 0 aromatic heterocycles. The van der Waals surface area contributed by atoms with Gasteiger partial charge in [-0.2, -0.15) is 0 Å². The van der Waals surface area contributed by atoms with Crippen LogP contribution in [0.2, 0.25) is 0 Å². The van der Waals surface area contributed by atoms with E-state index in [1.54, 1.807) is 0 Å². The molecule has 1 unspecified atom stereocenters. The number of likely N-dealkylation sites (tertiary alicyclic amines) is 1. The molecular weight excluding hydrogens is 298 g/mol. The first-order valence-electron chi connectivity index (χ1n) is 9.45. The number of nitrogens with zero attached hydrogens (tertiary/aromatic N) is 2. The summed E-state index contributed by atoms with van der Waals surface area (Å²) < 4.78 is 5.88. The van der Waals surface area contributed by atoms with Crippen molar-refractivity contribution >= 4 is 0 Å². The minimum atomic E-state index is 0.491. The minimum absolute atomic E-state index is 0.491. The summed E-state index contributed by atoms with van der Waals surface area (Å²) in [5.41, 5.74) is 1.31. The third-order valence-corrected chi connectivity index (χ3v) is 4.55. The fourth-order valence-electron chi connectivity index (χ4n) is 3.27. The van der Waals surface area contributed by atoms with E-state index < -0.39 is 0 Å². The molecule has 1 fully saturated rings. The van der Waals surface area contributed by atoms with Gasteiger partial charge >= 0.3 is 0 Å². The molecule has 0 radical (unpaired) electrons. The van der Waals surface area contributed by atoms with Gasteiger partial charge in [-0.15, -0.1) is 0 Å². The molecule has 0 aliphatic carbocycles. The van der Waals surface area contributed by atoms with E-state index in [1.165, 1.54) is 44.5 Å². The normalized spacial score (nSPS) is 17.2. The van der Waals surface area contributed by atoms with Gasteiger partial charge in [-0.1, -0.05) is 18.6 Å². The third-order valence-electron chi connectivity index (χ3n) is 4.55. The number of nitrogens with one attached hydrogen (secondary N) is 1. The van der Waals surface area contributed by atoms with Crippen LogP contribution in [0.4, 0.5) is 0 Å². The summed E-state index contributed by atoms with van der Waals surface area (Å²) in [6, 6.07) is 9.00. The van der Waals surface area contributed by atoms with Crippen LogP contribution in [0.1, 0.15) is 38.2 Å². The Kier molecular flexibility index (Phi) is 8.57. The monoisotopic (exact) mass is 333 g/mol. The fraction of sp³-hybridized carbons (Fsp3) is 0.700. The molecule has 1 saturated heterocycles. The molecule has 0 bridgehead atoms. The molecule has 0 saturated carbocycles. The second kappa shape index (κ2) is 10.7. The van der Waals surface area contributed by atoms with Crippen molar-refractivity contribution in [1.29, 1.82) is 0 Å². The van der Waals surface area contributed by atoms with Crippen LogP contribution in [0.15, 0.2) is 24.3 Å². The Hall–Kier alpha value is -1.10. The molecule has 1 aromatic rings. The maximum Gasteiger partial charge on any atom is 0.119 e. The van der Waals surface area contributed by atoms with Gasteiger partial charge in [0.2, 0.25) is 0 Å². The molecule has 0 amide bonds. The van der Waals surface area contributed by atoms with E-state index in [4.69, 9.17) is 4.74 Å². The van der Waals surface area contributed by atoms with Gasteiger partial charge in [0.15, 0.2) is 0 Å². The van der Waals surface area contributed by atoms with Gasteiger partial charge < -0.3 is 19.9 Å². The lowest BCUT2D eigenvalue weighted by atomic mass is 10.1. The highest BCUT2D eigenvalue weighted by atomic mass is 16.5. The topological polar surface area (TPSA) is 27.7 Å². The molecule has 0 spiro atoms. The Morgan fingerprint density at radius 2 is 1.83 bits per heavy atom. The van der Waals surface area contributed by atoms with Crippen LogP contribution in [0.3, 0.4) is 0 Å². The summed E-state index contributed by atoms with van der Waals surface area (Å²) in [5, 5.41) is 3.55. The van der Waals surface area contributed by atoms with Gasteiger partial charge in [-0.25, -0.2) is 0 Å². The van der Waals surface area contributed by atoms with Crippen LogP contribution in [0.25, 0.3) is 0 Å². The predicted molar refractivity (Wildman–Crippen MR) is 102 cm³/mol. The van der Waals surface area contributed by atoms with E-state index in [2.05, 4.69) is 60.4 Å². The number of ether oxygens (including phenoxy) is 1. The van der Waals surface area contributed by atoms with Crippen molar-refractivity contribution in [2.24, 2.45) is 0 Å². The van der Waals surface area contributed by atoms with Gasteiger partial charge in [0.1, 0.15) is 5.75 Å². The first-order chi connectivity index (χ1) is 11.6. The predicted octanol–water partition coefficient (Wildman–Crippen LogP) is 2.98. The number of likely N-dealkylation sites (N-methyl/N-ethyl adjacent to an activating group) is 1. The largest absolute Gasteiger partial charge is 0.494 e. The van der Waals surface area contributed by atoms with Gasteiger partial charge in [0.05, 0.1) is 6.61 Å². The van der Waals surface area contributed by atoms with Crippen molar-refractivity contribution in [1.82, 2.24) is 15.1 Å². The first-order valence-corrected chi connectivity index (χ1v) is 9.45. The number of benzene rings is 1. The number of hydrogen-bond acceptors (Lipinski definition) is 4. The smallest absolute Gasteiger partial charge is 0.119 e. The molecule has 1 atom stereocenters. The second-order valence-electron chi connectivity index (χ2n) is 7.29. The van der Waals surface area contributed by atoms with Crippen molar-refractivity contribution in [3.05, 3.63) is 29.8 Å². The molecular formula is C20H35N3O. The Morgan fingerprint density at radius 3 is 2.50 bits per heavy atom. The average molecular weight is 334 g/mol. The van der Waals surface area contributed by atoms with Gasteiger partial charge in [-0.3, -0.25) is 0 Å². The highest BCUT2D eigenvalue weighted by Gasteiger charge is 2.09. The van der Waals surface area contributed by atoms with Crippen molar-refractivity contribution in [3.63, 3.8) is 0 Å². The van der Waals surface area contributed by atoms with Crippen LogP contribution in [-0.4, -0.2) is 62.7 Å². The highest BCUT2D eigenvalue weighted by Crippen LogP contribution is 2.13. The Labute approximate surface area is 148 Å². The summed E-state index contributed by atoms with van der Waals surface area (Å²) in [5.74, 6) is 0.985. The van der Waals surface area contributed by atoms with E-state index in [0.29, 0.717) is 6.04 Å². The van der Waals surface area contributed by atoms with Gasteiger partial charge in [-0.05, 0) is 71.1 Å². The van der Waals surface area contributed by atoms with E-state index in [9.17, 15) is 0 Å². The summed E-state index contributed by atoms with van der Waals surface area (Å²) in [7, 11) is 4.21. The zero-order valence-electron chi connectivity index (χ0n) is 15.8. The maximum atomic E-state index is 5.88. The van der Waals surface area contributed by atoms with E-state index in [-0.39, 0.29) is 0 Å². The minimum Gasteiger partial charge on any atom is -0.494 e. The third kappa shape index (κ3) is 7.65. The van der Waals surface area contributed by atoms with Crippen LogP contribution in [0.5, 0.6) is 5.75 Å². The summed E-state index contributed by atoms with van der Waals surface area (Å²) >= 11 is 0. The molecule has 1 N–H and O–H groups in total. The quantitative estimate of drug-likeness (QED) is 0.666. The van der Waals surface area contributed by atoms with E-state index in [0.717, 1.165) is 31.9 Å². The zero-order chi connectivity index (χ0) is 17.2. The van der Waals surface area contributed by atoms with Crippen molar-refractivity contribution in [2.75, 3.05) is 46.9 Å². The first kappa shape index (κ1) is 19.2. The van der Waals surface area contributed by atoms with E-state index in [1.807, 2.05) is 0 Å². The van der Waals surface area contributed by atoms with Crippen molar-refractivity contribution in [3.8, 4) is 5.75 Å².